The number of hydrazine groups is 1. The third-order valence-corrected chi connectivity index (χ3v) is 3.54. The van der Waals surface area contributed by atoms with Crippen molar-refractivity contribution in [3.63, 3.8) is 0 Å². The summed E-state index contributed by atoms with van der Waals surface area (Å²) in [5.41, 5.74) is 6.18. The van der Waals surface area contributed by atoms with Crippen LogP contribution in [0, 0.1) is 29.8 Å². The van der Waals surface area contributed by atoms with Gasteiger partial charge in [-0.25, -0.2) is 0 Å². The molecular weight excluding hydrogens is 343 g/mol. The fraction of sp³-hybridized carbons (Fsp3) is 0.176. The molecule has 0 spiro atoms. The standard InChI is InChI=1S/C17H17FN4O4/c1-10-3-6-14(11(2)7-10)19-9-16(23)20-21-17(24)12-4-5-13(18)15(8-12)22(25)26/h3-8,19H,9H2,1-2H3,(H,20,23)(H,21,24). The highest BCUT2D eigenvalue weighted by atomic mass is 19.1. The summed E-state index contributed by atoms with van der Waals surface area (Å²) < 4.78 is 13.3. The van der Waals surface area contributed by atoms with Crippen LogP contribution in [0.2, 0.25) is 0 Å². The minimum atomic E-state index is -1.05. The average molecular weight is 360 g/mol. The molecule has 2 aromatic carbocycles. The number of anilines is 1. The largest absolute Gasteiger partial charge is 0.376 e. The van der Waals surface area contributed by atoms with E-state index in [0.717, 1.165) is 35.0 Å². The molecule has 0 aromatic heterocycles. The Kier molecular flexibility index (Phi) is 5.84. The number of nitro groups is 1. The fourth-order valence-electron chi connectivity index (χ4n) is 2.22. The van der Waals surface area contributed by atoms with Crippen LogP contribution >= 0.6 is 0 Å². The second-order valence-corrected chi connectivity index (χ2v) is 5.60. The van der Waals surface area contributed by atoms with E-state index in [1.165, 1.54) is 0 Å². The summed E-state index contributed by atoms with van der Waals surface area (Å²) in [7, 11) is 0. The van der Waals surface area contributed by atoms with E-state index in [2.05, 4.69) is 16.2 Å². The molecule has 0 fully saturated rings. The zero-order valence-corrected chi connectivity index (χ0v) is 14.1. The Hall–Kier alpha value is -3.49. The number of halogens is 1. The van der Waals surface area contributed by atoms with Crippen LogP contribution in [0.4, 0.5) is 15.8 Å². The molecule has 2 amide bonds. The third-order valence-electron chi connectivity index (χ3n) is 3.54. The topological polar surface area (TPSA) is 113 Å². The van der Waals surface area contributed by atoms with Crippen molar-refractivity contribution in [1.82, 2.24) is 10.9 Å². The van der Waals surface area contributed by atoms with Crippen molar-refractivity contribution in [3.8, 4) is 0 Å². The van der Waals surface area contributed by atoms with Gasteiger partial charge in [0.25, 0.3) is 11.8 Å². The van der Waals surface area contributed by atoms with Gasteiger partial charge in [0.2, 0.25) is 5.82 Å². The number of rotatable bonds is 5. The van der Waals surface area contributed by atoms with E-state index in [-0.39, 0.29) is 12.1 Å². The van der Waals surface area contributed by atoms with Gasteiger partial charge in [0.05, 0.1) is 11.5 Å². The van der Waals surface area contributed by atoms with Crippen molar-refractivity contribution in [2.24, 2.45) is 0 Å². The lowest BCUT2D eigenvalue weighted by Gasteiger charge is -2.11. The van der Waals surface area contributed by atoms with Crippen molar-refractivity contribution < 1.29 is 18.9 Å². The second-order valence-electron chi connectivity index (χ2n) is 5.60. The molecule has 9 heteroatoms. The lowest BCUT2D eigenvalue weighted by molar-refractivity contribution is -0.387. The maximum atomic E-state index is 13.3. The van der Waals surface area contributed by atoms with Crippen LogP contribution in [-0.4, -0.2) is 23.3 Å². The molecule has 0 bridgehead atoms. The van der Waals surface area contributed by atoms with Crippen molar-refractivity contribution in [2.75, 3.05) is 11.9 Å². The highest BCUT2D eigenvalue weighted by molar-refractivity contribution is 5.96. The van der Waals surface area contributed by atoms with Gasteiger partial charge in [0.1, 0.15) is 0 Å². The van der Waals surface area contributed by atoms with E-state index in [4.69, 9.17) is 0 Å². The third kappa shape index (κ3) is 4.76. The van der Waals surface area contributed by atoms with Gasteiger partial charge in [0, 0.05) is 17.3 Å². The summed E-state index contributed by atoms with van der Waals surface area (Å²) in [6.45, 7) is 3.77. The zero-order valence-electron chi connectivity index (χ0n) is 14.1. The molecule has 0 radical (unpaired) electrons. The molecule has 0 saturated heterocycles. The smallest absolute Gasteiger partial charge is 0.305 e. The first-order valence-electron chi connectivity index (χ1n) is 7.62. The maximum Gasteiger partial charge on any atom is 0.305 e. The number of amides is 2. The molecular formula is C17H17FN4O4. The summed E-state index contributed by atoms with van der Waals surface area (Å²) in [5, 5.41) is 13.6. The Morgan fingerprint density at radius 1 is 1.12 bits per heavy atom. The summed E-state index contributed by atoms with van der Waals surface area (Å²) in [6, 6.07) is 8.40. The lowest BCUT2D eigenvalue weighted by atomic mass is 10.1. The summed E-state index contributed by atoms with van der Waals surface area (Å²) in [5.74, 6) is -2.36. The minimum absolute atomic E-state index is 0.0895. The van der Waals surface area contributed by atoms with Crippen LogP contribution in [0.15, 0.2) is 36.4 Å². The van der Waals surface area contributed by atoms with Crippen LogP contribution in [-0.2, 0) is 4.79 Å². The molecule has 0 atom stereocenters. The van der Waals surface area contributed by atoms with E-state index < -0.39 is 28.2 Å². The van der Waals surface area contributed by atoms with Crippen LogP contribution in [0.25, 0.3) is 0 Å². The lowest BCUT2D eigenvalue weighted by Crippen LogP contribution is -2.44. The molecule has 0 aliphatic rings. The number of nitrogens with one attached hydrogen (secondary N) is 3. The van der Waals surface area contributed by atoms with Crippen LogP contribution < -0.4 is 16.2 Å². The Labute approximate surface area is 148 Å². The van der Waals surface area contributed by atoms with Gasteiger partial charge in [-0.1, -0.05) is 17.7 Å². The summed E-state index contributed by atoms with van der Waals surface area (Å²) in [6.07, 6.45) is 0. The Morgan fingerprint density at radius 2 is 1.85 bits per heavy atom. The Balaban J connectivity index is 1.89. The van der Waals surface area contributed by atoms with Crippen LogP contribution in [0.5, 0.6) is 0 Å². The molecule has 26 heavy (non-hydrogen) atoms. The monoisotopic (exact) mass is 360 g/mol. The van der Waals surface area contributed by atoms with E-state index in [1.54, 1.807) is 0 Å². The predicted octanol–water partition coefficient (Wildman–Crippen LogP) is 2.22. The fourth-order valence-corrected chi connectivity index (χ4v) is 2.22. The van der Waals surface area contributed by atoms with E-state index in [9.17, 15) is 24.1 Å². The first kappa shape index (κ1) is 18.8. The van der Waals surface area contributed by atoms with Crippen LogP contribution in [0.1, 0.15) is 21.5 Å². The molecule has 0 saturated carbocycles. The van der Waals surface area contributed by atoms with Gasteiger partial charge < -0.3 is 5.32 Å². The number of aryl methyl sites for hydroxylation is 2. The highest BCUT2D eigenvalue weighted by Crippen LogP contribution is 2.18. The number of hydrogen-bond donors (Lipinski definition) is 3. The zero-order chi connectivity index (χ0) is 19.3. The quantitative estimate of drug-likeness (QED) is 0.559. The first-order chi connectivity index (χ1) is 12.3. The van der Waals surface area contributed by atoms with E-state index in [1.807, 2.05) is 32.0 Å². The number of hydrogen-bond acceptors (Lipinski definition) is 5. The van der Waals surface area contributed by atoms with Gasteiger partial charge in [0.15, 0.2) is 0 Å². The molecule has 3 N–H and O–H groups in total. The maximum absolute atomic E-state index is 13.3. The number of carbonyl (C=O) groups excluding carboxylic acids is 2. The van der Waals surface area contributed by atoms with E-state index in [0.29, 0.717) is 0 Å². The molecule has 0 heterocycles. The van der Waals surface area contributed by atoms with Gasteiger partial charge in [-0.15, -0.1) is 0 Å². The number of nitro benzene ring substituents is 1. The second kappa shape index (κ2) is 8.06. The number of benzene rings is 2. The van der Waals surface area contributed by atoms with Gasteiger partial charge in [-0.3, -0.25) is 30.6 Å². The highest BCUT2D eigenvalue weighted by Gasteiger charge is 2.17. The van der Waals surface area contributed by atoms with Crippen molar-refractivity contribution in [2.45, 2.75) is 13.8 Å². The molecule has 0 unspecified atom stereocenters. The molecule has 136 valence electrons. The SMILES string of the molecule is Cc1ccc(NCC(=O)NNC(=O)c2ccc(F)c([N+](=O)[O-])c2)c(C)c1. The summed E-state index contributed by atoms with van der Waals surface area (Å²) in [4.78, 5) is 33.5. The van der Waals surface area contributed by atoms with E-state index >= 15 is 0 Å². The number of nitrogens with zero attached hydrogens (tertiary/aromatic N) is 1. The average Bonchev–Trinajstić information content (AvgIpc) is 2.59. The first-order valence-corrected chi connectivity index (χ1v) is 7.62. The van der Waals surface area contributed by atoms with Crippen molar-refractivity contribution in [1.29, 1.82) is 0 Å². The van der Waals surface area contributed by atoms with Crippen molar-refractivity contribution in [3.05, 3.63) is 69.0 Å². The Morgan fingerprint density at radius 3 is 2.50 bits per heavy atom. The van der Waals surface area contributed by atoms with Crippen LogP contribution in [0.3, 0.4) is 0 Å². The normalized spacial score (nSPS) is 10.1. The molecule has 2 aromatic rings. The minimum Gasteiger partial charge on any atom is -0.376 e. The predicted molar refractivity (Wildman–Crippen MR) is 93.1 cm³/mol. The molecule has 8 nitrogen and oxygen atoms in total. The molecule has 2 rings (SSSR count). The Bertz CT molecular complexity index is 870. The summed E-state index contributed by atoms with van der Waals surface area (Å²) >= 11 is 0. The molecule has 0 aliphatic heterocycles. The number of carbonyl (C=O) groups is 2. The van der Waals surface area contributed by atoms with Gasteiger partial charge in [-0.05, 0) is 37.6 Å². The van der Waals surface area contributed by atoms with Crippen molar-refractivity contribution >= 4 is 23.2 Å². The van der Waals surface area contributed by atoms with Gasteiger partial charge >= 0.3 is 5.69 Å². The van der Waals surface area contributed by atoms with Gasteiger partial charge in [-0.2, -0.15) is 4.39 Å². The molecule has 0 aliphatic carbocycles.